The fraction of sp³-hybridized carbons (Fsp3) is 0.222. The first-order valence-electron chi connectivity index (χ1n) is 7.42. The van der Waals surface area contributed by atoms with Gasteiger partial charge >= 0.3 is 5.63 Å². The third-order valence-corrected chi connectivity index (χ3v) is 3.88. The fourth-order valence-corrected chi connectivity index (χ4v) is 2.47. The third-order valence-electron chi connectivity index (χ3n) is 3.88. The highest BCUT2D eigenvalue weighted by atomic mass is 16.5. The molecule has 0 aliphatic carbocycles. The van der Waals surface area contributed by atoms with E-state index in [2.05, 4.69) is 6.92 Å². The van der Waals surface area contributed by atoms with Crippen LogP contribution in [-0.4, -0.2) is 10.6 Å². The van der Waals surface area contributed by atoms with Crippen molar-refractivity contribution < 1.29 is 9.32 Å². The van der Waals surface area contributed by atoms with Gasteiger partial charge in [0, 0.05) is 5.56 Å². The van der Waals surface area contributed by atoms with Crippen molar-refractivity contribution in [1.29, 1.82) is 0 Å². The van der Waals surface area contributed by atoms with Gasteiger partial charge in [-0.25, -0.2) is 4.79 Å². The third kappa shape index (κ3) is 2.37. The smallest absolute Gasteiger partial charge is 0.327 e. The number of carbonyl (C=O) groups is 1. The molecule has 0 spiro atoms. The molecule has 0 atom stereocenters. The molecule has 3 aromatic rings. The maximum atomic E-state index is 12.6. The number of benzene rings is 2. The number of aryl methyl sites for hydroxylation is 2. The molecule has 0 aliphatic rings. The molecule has 112 valence electrons. The van der Waals surface area contributed by atoms with Crippen LogP contribution in [0.5, 0.6) is 0 Å². The van der Waals surface area contributed by atoms with E-state index in [1.165, 1.54) is 0 Å². The minimum Gasteiger partial charge on any atom is -0.327 e. The molecule has 0 fully saturated rings. The molecule has 0 bridgehead atoms. The number of hydrogen-bond donors (Lipinski definition) is 0. The van der Waals surface area contributed by atoms with Gasteiger partial charge in [-0.15, -0.1) is 4.74 Å². The quantitative estimate of drug-likeness (QED) is 0.744. The first-order chi connectivity index (χ1) is 10.6. The van der Waals surface area contributed by atoms with Gasteiger partial charge < -0.3 is 4.52 Å². The summed E-state index contributed by atoms with van der Waals surface area (Å²) in [6.07, 6.45) is 1.74. The largest absolute Gasteiger partial charge is 0.366 e. The van der Waals surface area contributed by atoms with E-state index < -0.39 is 5.63 Å². The second kappa shape index (κ2) is 5.64. The van der Waals surface area contributed by atoms with Crippen LogP contribution >= 0.6 is 0 Å². The highest BCUT2D eigenvalue weighted by Crippen LogP contribution is 2.16. The van der Waals surface area contributed by atoms with E-state index in [9.17, 15) is 9.59 Å². The molecule has 0 saturated heterocycles. The molecule has 3 rings (SSSR count). The van der Waals surface area contributed by atoms with Gasteiger partial charge in [0.1, 0.15) is 0 Å². The minimum atomic E-state index is -0.490. The number of aromatic nitrogens is 1. The summed E-state index contributed by atoms with van der Waals surface area (Å²) in [5.41, 5.74) is 2.74. The molecule has 0 N–H and O–H groups in total. The van der Waals surface area contributed by atoms with E-state index in [0.29, 0.717) is 16.5 Å². The average molecular weight is 295 g/mol. The molecule has 22 heavy (non-hydrogen) atoms. The van der Waals surface area contributed by atoms with E-state index in [1.54, 1.807) is 18.2 Å². The van der Waals surface area contributed by atoms with Crippen molar-refractivity contribution in [2.75, 3.05) is 0 Å². The lowest BCUT2D eigenvalue weighted by molar-refractivity contribution is 0.0850. The molecule has 2 aromatic carbocycles. The Balaban J connectivity index is 2.11. The lowest BCUT2D eigenvalue weighted by atomic mass is 10.1. The summed E-state index contributed by atoms with van der Waals surface area (Å²) in [7, 11) is 0. The van der Waals surface area contributed by atoms with Crippen molar-refractivity contribution >= 4 is 16.8 Å². The van der Waals surface area contributed by atoms with Crippen LogP contribution in [0.15, 0.2) is 51.8 Å². The summed E-state index contributed by atoms with van der Waals surface area (Å²) in [6.45, 7) is 4.08. The summed E-state index contributed by atoms with van der Waals surface area (Å²) in [4.78, 5) is 24.5. The molecule has 0 aliphatic heterocycles. The average Bonchev–Trinajstić information content (AvgIpc) is 2.90. The van der Waals surface area contributed by atoms with Crippen molar-refractivity contribution in [3.05, 3.63) is 69.6 Å². The Morgan fingerprint density at radius 1 is 1.00 bits per heavy atom. The van der Waals surface area contributed by atoms with Crippen molar-refractivity contribution in [3.8, 4) is 0 Å². The lowest BCUT2D eigenvalue weighted by Crippen LogP contribution is -2.11. The maximum absolute atomic E-state index is 12.6. The van der Waals surface area contributed by atoms with E-state index >= 15 is 0 Å². The molecule has 0 unspecified atom stereocenters. The molecule has 1 heterocycles. The Kier molecular flexibility index (Phi) is 3.67. The number of fused-ring (bicyclic) bond motifs is 1. The summed E-state index contributed by atoms with van der Waals surface area (Å²) in [6, 6.07) is 12.8. The second-order valence-corrected chi connectivity index (χ2v) is 5.23. The Labute approximate surface area is 127 Å². The Morgan fingerprint density at radius 2 is 1.64 bits per heavy atom. The first kappa shape index (κ1) is 14.3. The molecule has 0 amide bonds. The Hall–Kier alpha value is -2.62. The first-order valence-corrected chi connectivity index (χ1v) is 7.42. The topological polar surface area (TPSA) is 52.2 Å². The van der Waals surface area contributed by atoms with Crippen LogP contribution in [-0.2, 0) is 12.8 Å². The molecule has 4 heteroatoms. The standard InChI is InChI=1S/C18H17NO3/c1-3-12-5-8-14(9-6-12)17(20)19-16-11-13(4-2)7-10-15(16)18(21)22-19/h5-11H,3-4H2,1-2H3. The molecule has 1 aromatic heterocycles. The van der Waals surface area contributed by atoms with Gasteiger partial charge in [0.05, 0.1) is 10.9 Å². The highest BCUT2D eigenvalue weighted by Gasteiger charge is 2.17. The van der Waals surface area contributed by atoms with Crippen LogP contribution in [0, 0.1) is 0 Å². The van der Waals surface area contributed by atoms with Crippen LogP contribution in [0.4, 0.5) is 0 Å². The van der Waals surface area contributed by atoms with Gasteiger partial charge in [0.2, 0.25) is 0 Å². The second-order valence-electron chi connectivity index (χ2n) is 5.23. The van der Waals surface area contributed by atoms with Crippen LogP contribution in [0.2, 0.25) is 0 Å². The van der Waals surface area contributed by atoms with Gasteiger partial charge in [-0.2, -0.15) is 0 Å². The summed E-state index contributed by atoms with van der Waals surface area (Å²) < 4.78 is 6.24. The van der Waals surface area contributed by atoms with Gasteiger partial charge in [-0.05, 0) is 48.2 Å². The SMILES string of the molecule is CCc1ccc(C(=O)n2oc(=O)c3ccc(CC)cc32)cc1. The number of carbonyl (C=O) groups excluding carboxylic acids is 1. The van der Waals surface area contributed by atoms with E-state index in [4.69, 9.17) is 4.52 Å². The molecule has 0 saturated carbocycles. The van der Waals surface area contributed by atoms with Gasteiger partial charge in [-0.3, -0.25) is 4.79 Å². The monoisotopic (exact) mass is 295 g/mol. The van der Waals surface area contributed by atoms with Gasteiger partial charge in [-0.1, -0.05) is 32.0 Å². The van der Waals surface area contributed by atoms with E-state index in [0.717, 1.165) is 28.7 Å². The molecular weight excluding hydrogens is 278 g/mol. The van der Waals surface area contributed by atoms with Crippen molar-refractivity contribution in [1.82, 2.24) is 4.74 Å². The van der Waals surface area contributed by atoms with E-state index in [1.807, 2.05) is 31.2 Å². The van der Waals surface area contributed by atoms with Gasteiger partial charge in [0.15, 0.2) is 0 Å². The van der Waals surface area contributed by atoms with Crippen LogP contribution in [0.3, 0.4) is 0 Å². The van der Waals surface area contributed by atoms with Crippen molar-refractivity contribution in [3.63, 3.8) is 0 Å². The van der Waals surface area contributed by atoms with Crippen LogP contribution in [0.25, 0.3) is 10.9 Å². The van der Waals surface area contributed by atoms with Crippen molar-refractivity contribution in [2.24, 2.45) is 0 Å². The normalized spacial score (nSPS) is 11.0. The minimum absolute atomic E-state index is 0.331. The Morgan fingerprint density at radius 3 is 2.27 bits per heavy atom. The zero-order valence-electron chi connectivity index (χ0n) is 12.6. The highest BCUT2D eigenvalue weighted by molar-refractivity contribution is 6.00. The number of nitrogens with zero attached hydrogens (tertiary/aromatic N) is 1. The maximum Gasteiger partial charge on any atom is 0.366 e. The van der Waals surface area contributed by atoms with E-state index in [-0.39, 0.29) is 5.91 Å². The van der Waals surface area contributed by atoms with Crippen molar-refractivity contribution in [2.45, 2.75) is 26.7 Å². The zero-order chi connectivity index (χ0) is 15.7. The predicted molar refractivity (Wildman–Crippen MR) is 85.4 cm³/mol. The zero-order valence-corrected chi connectivity index (χ0v) is 12.6. The fourth-order valence-electron chi connectivity index (χ4n) is 2.47. The van der Waals surface area contributed by atoms with Crippen LogP contribution < -0.4 is 5.63 Å². The summed E-state index contributed by atoms with van der Waals surface area (Å²) in [5, 5.41) is 0.427. The summed E-state index contributed by atoms with van der Waals surface area (Å²) >= 11 is 0. The molecule has 4 nitrogen and oxygen atoms in total. The predicted octanol–water partition coefficient (Wildman–Crippen LogP) is 3.41. The number of hydrogen-bond acceptors (Lipinski definition) is 3. The lowest BCUT2D eigenvalue weighted by Gasteiger charge is -2.03. The van der Waals surface area contributed by atoms with Gasteiger partial charge in [0.25, 0.3) is 5.91 Å². The Bertz CT molecular complexity index is 885. The van der Waals surface area contributed by atoms with Crippen LogP contribution in [0.1, 0.15) is 35.3 Å². The number of rotatable bonds is 3. The summed E-state index contributed by atoms with van der Waals surface area (Å²) in [5.74, 6) is -0.331. The molecular formula is C18H17NO3. The molecule has 0 radical (unpaired) electrons.